The number of aromatic nitrogens is 3. The van der Waals surface area contributed by atoms with Crippen molar-refractivity contribution in [1.29, 1.82) is 5.26 Å². The van der Waals surface area contributed by atoms with Crippen LogP contribution in [0.2, 0.25) is 0 Å². The zero-order chi connectivity index (χ0) is 16.2. The topological polar surface area (TPSA) is 101 Å². The molecule has 23 heavy (non-hydrogen) atoms. The van der Waals surface area contributed by atoms with Gasteiger partial charge in [-0.1, -0.05) is 0 Å². The number of pyridine rings is 1. The third-order valence-electron chi connectivity index (χ3n) is 3.23. The summed E-state index contributed by atoms with van der Waals surface area (Å²) in [6, 6.07) is 11.7. The largest absolute Gasteiger partial charge is 0.368 e. The standard InChI is InChI=1S/C16H13FN6/c17-11-4-2-10(3-5-11)12-6-7-13-14(21-12)15(20-9-1-8-18)23-16(19)22-13/h2-7H,1,9H2,(H3,19,20,22,23). The number of halogens is 1. The highest BCUT2D eigenvalue weighted by Gasteiger charge is 2.09. The lowest BCUT2D eigenvalue weighted by atomic mass is 10.1. The van der Waals surface area contributed by atoms with E-state index in [1.165, 1.54) is 12.1 Å². The minimum atomic E-state index is -0.301. The number of nitrogens with one attached hydrogen (secondary N) is 1. The van der Waals surface area contributed by atoms with Crippen LogP contribution in [0.5, 0.6) is 0 Å². The predicted octanol–water partition coefficient (Wildman–Crippen LogP) is 2.74. The van der Waals surface area contributed by atoms with Crippen LogP contribution in [0, 0.1) is 17.1 Å². The van der Waals surface area contributed by atoms with E-state index in [0.29, 0.717) is 35.5 Å². The molecule has 1 aromatic carbocycles. The van der Waals surface area contributed by atoms with Crippen LogP contribution in [-0.2, 0) is 0 Å². The summed E-state index contributed by atoms with van der Waals surface area (Å²) in [4.78, 5) is 12.8. The number of hydrogen-bond donors (Lipinski definition) is 2. The molecule has 0 radical (unpaired) electrons. The van der Waals surface area contributed by atoms with Crippen LogP contribution >= 0.6 is 0 Å². The Morgan fingerprint density at radius 1 is 1.09 bits per heavy atom. The summed E-state index contributed by atoms with van der Waals surface area (Å²) >= 11 is 0. The zero-order valence-electron chi connectivity index (χ0n) is 12.1. The number of anilines is 2. The van der Waals surface area contributed by atoms with Crippen molar-refractivity contribution in [3.8, 4) is 17.3 Å². The monoisotopic (exact) mass is 308 g/mol. The molecule has 3 aromatic rings. The molecule has 114 valence electrons. The molecule has 3 rings (SSSR count). The van der Waals surface area contributed by atoms with Gasteiger partial charge >= 0.3 is 0 Å². The van der Waals surface area contributed by atoms with E-state index in [1.54, 1.807) is 24.3 Å². The Balaban J connectivity index is 2.06. The summed E-state index contributed by atoms with van der Waals surface area (Å²) in [6.45, 7) is 0.435. The first-order valence-corrected chi connectivity index (χ1v) is 6.98. The fraction of sp³-hybridized carbons (Fsp3) is 0.125. The Bertz CT molecular complexity index is 885. The molecular weight excluding hydrogens is 295 g/mol. The first-order valence-electron chi connectivity index (χ1n) is 6.98. The van der Waals surface area contributed by atoms with Crippen molar-refractivity contribution < 1.29 is 4.39 Å². The van der Waals surface area contributed by atoms with Gasteiger partial charge in [-0.15, -0.1) is 0 Å². The number of fused-ring (bicyclic) bond motifs is 1. The van der Waals surface area contributed by atoms with E-state index in [-0.39, 0.29) is 11.8 Å². The molecule has 0 fully saturated rings. The summed E-state index contributed by atoms with van der Waals surface area (Å²) < 4.78 is 13.0. The first-order chi connectivity index (χ1) is 11.2. The molecule has 2 aromatic heterocycles. The Morgan fingerprint density at radius 3 is 2.61 bits per heavy atom. The van der Waals surface area contributed by atoms with Crippen molar-refractivity contribution in [3.05, 3.63) is 42.2 Å². The van der Waals surface area contributed by atoms with Gasteiger partial charge in [-0.25, -0.2) is 14.4 Å². The fourth-order valence-electron chi connectivity index (χ4n) is 2.17. The minimum Gasteiger partial charge on any atom is -0.368 e. The maximum atomic E-state index is 13.0. The molecule has 6 nitrogen and oxygen atoms in total. The summed E-state index contributed by atoms with van der Waals surface area (Å²) in [7, 11) is 0. The van der Waals surface area contributed by atoms with E-state index in [9.17, 15) is 4.39 Å². The molecule has 0 bridgehead atoms. The molecule has 0 atom stereocenters. The van der Waals surface area contributed by atoms with E-state index < -0.39 is 0 Å². The molecule has 0 aliphatic rings. The van der Waals surface area contributed by atoms with Crippen molar-refractivity contribution in [1.82, 2.24) is 15.0 Å². The van der Waals surface area contributed by atoms with Crippen molar-refractivity contribution in [2.45, 2.75) is 6.42 Å². The lowest BCUT2D eigenvalue weighted by Gasteiger charge is -2.09. The molecule has 0 saturated heterocycles. The lowest BCUT2D eigenvalue weighted by molar-refractivity contribution is 0.628. The van der Waals surface area contributed by atoms with Crippen molar-refractivity contribution in [2.75, 3.05) is 17.6 Å². The molecule has 0 aliphatic heterocycles. The van der Waals surface area contributed by atoms with E-state index >= 15 is 0 Å². The SMILES string of the molecule is N#CCCNc1nc(N)nc2ccc(-c3ccc(F)cc3)nc12. The van der Waals surface area contributed by atoms with Gasteiger partial charge < -0.3 is 11.1 Å². The molecule has 0 aliphatic carbocycles. The maximum Gasteiger partial charge on any atom is 0.222 e. The average molecular weight is 308 g/mol. The van der Waals surface area contributed by atoms with Gasteiger partial charge in [0.2, 0.25) is 5.95 Å². The molecule has 2 heterocycles. The molecule has 3 N–H and O–H groups in total. The Morgan fingerprint density at radius 2 is 1.87 bits per heavy atom. The average Bonchev–Trinajstić information content (AvgIpc) is 2.55. The maximum absolute atomic E-state index is 13.0. The quantitative estimate of drug-likeness (QED) is 0.719. The van der Waals surface area contributed by atoms with Gasteiger partial charge in [-0.05, 0) is 36.4 Å². The van der Waals surface area contributed by atoms with Crippen molar-refractivity contribution >= 4 is 22.8 Å². The molecular formula is C16H13FN6. The zero-order valence-corrected chi connectivity index (χ0v) is 12.1. The third kappa shape index (κ3) is 3.16. The molecule has 0 saturated carbocycles. The van der Waals surface area contributed by atoms with Crippen LogP contribution in [0.3, 0.4) is 0 Å². The first kappa shape index (κ1) is 14.7. The summed E-state index contributed by atoms with van der Waals surface area (Å²) in [5.41, 5.74) is 8.31. The Hall–Kier alpha value is -3.27. The van der Waals surface area contributed by atoms with Gasteiger partial charge in [0, 0.05) is 12.1 Å². The van der Waals surface area contributed by atoms with Crippen LogP contribution in [0.25, 0.3) is 22.3 Å². The molecule has 0 amide bonds. The van der Waals surface area contributed by atoms with Crippen LogP contribution in [0.1, 0.15) is 6.42 Å². The van der Waals surface area contributed by atoms with Crippen LogP contribution in [0.15, 0.2) is 36.4 Å². The minimum absolute atomic E-state index is 0.133. The third-order valence-corrected chi connectivity index (χ3v) is 3.23. The highest BCUT2D eigenvalue weighted by molar-refractivity contribution is 5.88. The van der Waals surface area contributed by atoms with Gasteiger partial charge in [-0.3, -0.25) is 0 Å². The second-order valence-corrected chi connectivity index (χ2v) is 4.84. The number of rotatable bonds is 4. The van der Waals surface area contributed by atoms with Crippen LogP contribution in [0.4, 0.5) is 16.2 Å². The van der Waals surface area contributed by atoms with Crippen molar-refractivity contribution in [2.24, 2.45) is 0 Å². The number of nitriles is 1. The highest BCUT2D eigenvalue weighted by Crippen LogP contribution is 2.24. The highest BCUT2D eigenvalue weighted by atomic mass is 19.1. The predicted molar refractivity (Wildman–Crippen MR) is 85.9 cm³/mol. The van der Waals surface area contributed by atoms with E-state index in [2.05, 4.69) is 26.3 Å². The van der Waals surface area contributed by atoms with Gasteiger partial charge in [0.05, 0.1) is 23.7 Å². The molecule has 0 spiro atoms. The smallest absolute Gasteiger partial charge is 0.222 e. The molecule has 7 heteroatoms. The van der Waals surface area contributed by atoms with Gasteiger partial charge in [0.15, 0.2) is 5.82 Å². The van der Waals surface area contributed by atoms with Crippen molar-refractivity contribution in [3.63, 3.8) is 0 Å². The number of nitrogen functional groups attached to an aromatic ring is 1. The second kappa shape index (κ2) is 6.23. The van der Waals surface area contributed by atoms with Crippen LogP contribution < -0.4 is 11.1 Å². The summed E-state index contributed by atoms with van der Waals surface area (Å²) in [6.07, 6.45) is 0.336. The fourth-order valence-corrected chi connectivity index (χ4v) is 2.17. The van der Waals surface area contributed by atoms with Gasteiger partial charge in [-0.2, -0.15) is 10.2 Å². The lowest BCUT2D eigenvalue weighted by Crippen LogP contribution is -2.07. The Kier molecular flexibility index (Phi) is 3.97. The normalized spacial score (nSPS) is 10.4. The van der Waals surface area contributed by atoms with Gasteiger partial charge in [0.25, 0.3) is 0 Å². The van der Waals surface area contributed by atoms with E-state index in [4.69, 9.17) is 11.0 Å². The van der Waals surface area contributed by atoms with E-state index in [0.717, 1.165) is 5.56 Å². The number of benzene rings is 1. The van der Waals surface area contributed by atoms with Crippen LogP contribution in [-0.4, -0.2) is 21.5 Å². The number of nitrogens with two attached hydrogens (primary N) is 1. The van der Waals surface area contributed by atoms with E-state index in [1.807, 2.05) is 0 Å². The second-order valence-electron chi connectivity index (χ2n) is 4.84. The summed E-state index contributed by atoms with van der Waals surface area (Å²) in [5, 5.41) is 11.7. The number of hydrogen-bond acceptors (Lipinski definition) is 6. The summed E-state index contributed by atoms with van der Waals surface area (Å²) in [5.74, 6) is 0.310. The molecule has 0 unspecified atom stereocenters. The number of nitrogens with zero attached hydrogens (tertiary/aromatic N) is 4. The Labute approximate surface area is 131 Å². The van der Waals surface area contributed by atoms with Gasteiger partial charge in [0.1, 0.15) is 11.3 Å².